The molecule has 0 spiro atoms. The maximum atomic E-state index is 10.6. The predicted molar refractivity (Wildman–Crippen MR) is 89.1 cm³/mol. The van der Waals surface area contributed by atoms with Crippen LogP contribution in [0.4, 0.5) is 0 Å². The second kappa shape index (κ2) is 14.8. The lowest BCUT2D eigenvalue weighted by molar-refractivity contribution is -0.00291. The Morgan fingerprint density at radius 1 is 0.917 bits per heavy atom. The molecule has 132 valence electrons. The molecule has 1 N–H and O–H groups in total. The summed E-state index contributed by atoms with van der Waals surface area (Å²) >= 11 is 0. The molecule has 1 aromatic rings. The van der Waals surface area contributed by atoms with Gasteiger partial charge in [-0.3, -0.25) is 4.79 Å². The molecule has 0 saturated heterocycles. The van der Waals surface area contributed by atoms with Gasteiger partial charge >= 0.3 is 0 Å². The first kappa shape index (κ1) is 20.3. The van der Waals surface area contributed by atoms with Gasteiger partial charge in [0, 0.05) is 11.1 Å². The van der Waals surface area contributed by atoms with Crippen LogP contribution in [0.5, 0.6) is 0 Å². The summed E-state index contributed by atoms with van der Waals surface area (Å²) in [6.45, 7) is 3.56. The van der Waals surface area contributed by atoms with Crippen molar-refractivity contribution in [1.82, 2.24) is 0 Å². The van der Waals surface area contributed by atoms with Crippen LogP contribution in [-0.2, 0) is 18.9 Å². The van der Waals surface area contributed by atoms with E-state index in [1.54, 1.807) is 18.2 Å². The highest BCUT2D eigenvalue weighted by Gasteiger charge is 1.92. The van der Waals surface area contributed by atoms with Gasteiger partial charge in [0.15, 0.2) is 0 Å². The summed E-state index contributed by atoms with van der Waals surface area (Å²) in [7, 11) is 0. The van der Waals surface area contributed by atoms with Gasteiger partial charge in [0.05, 0.1) is 52.9 Å². The largest absolute Gasteiger partial charge is 0.394 e. The van der Waals surface area contributed by atoms with Crippen LogP contribution in [0.2, 0.25) is 0 Å². The molecule has 6 nitrogen and oxygen atoms in total. The standard InChI is InChI=1S/C18H24O6/c19-6-8-22-10-12-24-14-13-23-11-9-21-7-2-5-17-3-1-4-18(15-17)16-20/h1,3-4,15-16,19H,6-14H2. The molecule has 0 unspecified atom stereocenters. The van der Waals surface area contributed by atoms with Crippen molar-refractivity contribution in [2.75, 3.05) is 59.5 Å². The lowest BCUT2D eigenvalue weighted by Crippen LogP contribution is -2.12. The Hall–Kier alpha value is -1.75. The maximum Gasteiger partial charge on any atom is 0.150 e. The van der Waals surface area contributed by atoms with Crippen molar-refractivity contribution < 1.29 is 28.8 Å². The molecule has 24 heavy (non-hydrogen) atoms. The van der Waals surface area contributed by atoms with Gasteiger partial charge < -0.3 is 24.1 Å². The number of aldehydes is 1. The average Bonchev–Trinajstić information content (AvgIpc) is 2.62. The predicted octanol–water partition coefficient (Wildman–Crippen LogP) is 0.909. The fourth-order valence-corrected chi connectivity index (χ4v) is 1.68. The Morgan fingerprint density at radius 2 is 1.54 bits per heavy atom. The van der Waals surface area contributed by atoms with E-state index in [1.807, 2.05) is 6.07 Å². The Bertz CT molecular complexity index is 506. The Balaban J connectivity index is 1.92. The summed E-state index contributed by atoms with van der Waals surface area (Å²) in [5.74, 6) is 5.83. The van der Waals surface area contributed by atoms with Crippen LogP contribution in [0.3, 0.4) is 0 Å². The van der Waals surface area contributed by atoms with E-state index in [-0.39, 0.29) is 6.61 Å². The van der Waals surface area contributed by atoms with E-state index >= 15 is 0 Å². The third kappa shape index (κ3) is 10.9. The Labute approximate surface area is 142 Å². The second-order valence-corrected chi connectivity index (χ2v) is 4.66. The normalized spacial score (nSPS) is 10.2. The molecule has 1 rings (SSSR count). The molecule has 0 bridgehead atoms. The van der Waals surface area contributed by atoms with Crippen LogP contribution in [0, 0.1) is 11.8 Å². The molecular weight excluding hydrogens is 312 g/mol. The zero-order valence-corrected chi connectivity index (χ0v) is 13.7. The summed E-state index contributed by atoms with van der Waals surface area (Å²) < 4.78 is 21.0. The number of hydrogen-bond acceptors (Lipinski definition) is 6. The topological polar surface area (TPSA) is 74.2 Å². The van der Waals surface area contributed by atoms with Crippen LogP contribution in [-0.4, -0.2) is 70.9 Å². The molecule has 0 heterocycles. The zero-order chi connectivity index (χ0) is 17.3. The smallest absolute Gasteiger partial charge is 0.150 e. The van der Waals surface area contributed by atoms with Gasteiger partial charge in [0.2, 0.25) is 0 Å². The summed E-state index contributed by atoms with van der Waals surface area (Å²) in [6.07, 6.45) is 0.797. The first-order chi connectivity index (χ1) is 11.9. The average molecular weight is 336 g/mol. The molecule has 6 heteroatoms. The third-order valence-corrected chi connectivity index (χ3v) is 2.78. The minimum absolute atomic E-state index is 0.0264. The number of rotatable bonds is 13. The van der Waals surface area contributed by atoms with E-state index in [0.717, 1.165) is 11.8 Å². The monoisotopic (exact) mass is 336 g/mol. The molecule has 0 aliphatic heterocycles. The quantitative estimate of drug-likeness (QED) is 0.328. The number of hydrogen-bond donors (Lipinski definition) is 1. The molecular formula is C18H24O6. The highest BCUT2D eigenvalue weighted by Crippen LogP contribution is 2.00. The summed E-state index contributed by atoms with van der Waals surface area (Å²) in [5, 5.41) is 8.50. The molecule has 0 saturated carbocycles. The van der Waals surface area contributed by atoms with Crippen LogP contribution < -0.4 is 0 Å². The molecule has 0 fully saturated rings. The number of carbonyl (C=O) groups is 1. The van der Waals surface area contributed by atoms with Crippen molar-refractivity contribution in [3.05, 3.63) is 35.4 Å². The van der Waals surface area contributed by atoms with Gasteiger partial charge in [-0.25, -0.2) is 0 Å². The van der Waals surface area contributed by atoms with Crippen LogP contribution in [0.25, 0.3) is 0 Å². The van der Waals surface area contributed by atoms with E-state index < -0.39 is 0 Å². The van der Waals surface area contributed by atoms with Gasteiger partial charge in [-0.15, -0.1) is 0 Å². The number of carbonyl (C=O) groups excluding carboxylic acids is 1. The lowest BCUT2D eigenvalue weighted by atomic mass is 10.1. The molecule has 0 aliphatic rings. The van der Waals surface area contributed by atoms with Gasteiger partial charge in [0.25, 0.3) is 0 Å². The van der Waals surface area contributed by atoms with E-state index in [1.165, 1.54) is 0 Å². The van der Waals surface area contributed by atoms with Crippen LogP contribution in [0.15, 0.2) is 24.3 Å². The van der Waals surface area contributed by atoms with Crippen molar-refractivity contribution in [2.24, 2.45) is 0 Å². The van der Waals surface area contributed by atoms with E-state index in [9.17, 15) is 4.79 Å². The van der Waals surface area contributed by atoms with Gasteiger partial charge in [-0.05, 0) is 12.1 Å². The molecule has 0 aromatic heterocycles. The van der Waals surface area contributed by atoms with Crippen molar-refractivity contribution in [1.29, 1.82) is 0 Å². The molecule has 1 aromatic carbocycles. The Kier molecular flexibility index (Phi) is 12.5. The van der Waals surface area contributed by atoms with Crippen molar-refractivity contribution in [2.45, 2.75) is 0 Å². The Morgan fingerprint density at radius 3 is 2.17 bits per heavy atom. The number of aliphatic hydroxyl groups excluding tert-OH is 1. The van der Waals surface area contributed by atoms with Gasteiger partial charge in [0.1, 0.15) is 12.9 Å². The van der Waals surface area contributed by atoms with Crippen molar-refractivity contribution in [3.8, 4) is 11.8 Å². The van der Waals surface area contributed by atoms with Crippen LogP contribution in [0.1, 0.15) is 15.9 Å². The number of ether oxygens (including phenoxy) is 4. The highest BCUT2D eigenvalue weighted by molar-refractivity contribution is 5.75. The fourth-order valence-electron chi connectivity index (χ4n) is 1.68. The summed E-state index contributed by atoms with van der Waals surface area (Å²) in [4.78, 5) is 10.6. The highest BCUT2D eigenvalue weighted by atomic mass is 16.6. The van der Waals surface area contributed by atoms with Gasteiger partial charge in [-0.1, -0.05) is 24.0 Å². The van der Waals surface area contributed by atoms with E-state index in [4.69, 9.17) is 24.1 Å². The minimum Gasteiger partial charge on any atom is -0.394 e. The number of benzene rings is 1. The fraction of sp³-hybridized carbons (Fsp3) is 0.500. The molecule has 0 amide bonds. The van der Waals surface area contributed by atoms with Gasteiger partial charge in [-0.2, -0.15) is 0 Å². The SMILES string of the molecule is O=Cc1cccc(C#CCOCCOCCOCCOCCO)c1. The first-order valence-electron chi connectivity index (χ1n) is 7.82. The van der Waals surface area contributed by atoms with Crippen molar-refractivity contribution >= 4 is 6.29 Å². The lowest BCUT2D eigenvalue weighted by Gasteiger charge is -2.06. The van der Waals surface area contributed by atoms with E-state index in [2.05, 4.69) is 11.8 Å². The summed E-state index contributed by atoms with van der Waals surface area (Å²) in [6, 6.07) is 7.11. The number of aliphatic hydroxyl groups is 1. The molecule has 0 atom stereocenters. The van der Waals surface area contributed by atoms with Crippen LogP contribution >= 0.6 is 0 Å². The maximum absolute atomic E-state index is 10.6. The second-order valence-electron chi connectivity index (χ2n) is 4.66. The molecule has 0 radical (unpaired) electrons. The third-order valence-electron chi connectivity index (χ3n) is 2.78. The summed E-state index contributed by atoms with van der Waals surface area (Å²) in [5.41, 5.74) is 1.40. The van der Waals surface area contributed by atoms with Crippen molar-refractivity contribution in [3.63, 3.8) is 0 Å². The first-order valence-corrected chi connectivity index (χ1v) is 7.82. The minimum atomic E-state index is 0.0264. The molecule has 0 aliphatic carbocycles. The van der Waals surface area contributed by atoms with E-state index in [0.29, 0.717) is 58.4 Å². The zero-order valence-electron chi connectivity index (χ0n) is 13.7.